The van der Waals surface area contributed by atoms with E-state index in [-0.39, 0.29) is 11.5 Å². The molecular formula is C10H11F2NO4. The molecule has 0 radical (unpaired) electrons. The Hall–Kier alpha value is -1.92. The smallest absolute Gasteiger partial charge is 0.357 e. The zero-order chi connectivity index (χ0) is 13.0. The fourth-order valence-corrected chi connectivity index (χ4v) is 1.31. The fraction of sp³-hybridized carbons (Fsp3) is 0.400. The van der Waals surface area contributed by atoms with Gasteiger partial charge in [-0.2, -0.15) is 0 Å². The van der Waals surface area contributed by atoms with Crippen molar-refractivity contribution in [1.29, 1.82) is 0 Å². The summed E-state index contributed by atoms with van der Waals surface area (Å²) in [5.74, 6) is -1.16. The van der Waals surface area contributed by atoms with Crippen molar-refractivity contribution >= 4 is 5.97 Å². The minimum Gasteiger partial charge on any atom is -0.492 e. The van der Waals surface area contributed by atoms with Crippen LogP contribution in [0.15, 0.2) is 6.20 Å². The zero-order valence-corrected chi connectivity index (χ0v) is 9.49. The second-order valence-electron chi connectivity index (χ2n) is 2.91. The van der Waals surface area contributed by atoms with Gasteiger partial charge in [-0.25, -0.2) is 18.6 Å². The Kier molecular flexibility index (Phi) is 4.19. The average Bonchev–Trinajstić information content (AvgIpc) is 2.35. The molecule has 0 atom stereocenters. The zero-order valence-electron chi connectivity index (χ0n) is 9.49. The predicted octanol–water partition coefficient (Wildman–Crippen LogP) is 1.82. The Morgan fingerprint density at radius 3 is 2.35 bits per heavy atom. The maximum absolute atomic E-state index is 12.9. The lowest BCUT2D eigenvalue weighted by molar-refractivity contribution is 0.0579. The topological polar surface area (TPSA) is 57.7 Å². The first kappa shape index (κ1) is 13.1. The van der Waals surface area contributed by atoms with E-state index in [1.165, 1.54) is 14.2 Å². The summed E-state index contributed by atoms with van der Waals surface area (Å²) in [5, 5.41) is 0. The van der Waals surface area contributed by atoms with Crippen molar-refractivity contribution in [2.45, 2.75) is 6.43 Å². The molecule has 0 saturated carbocycles. The van der Waals surface area contributed by atoms with Gasteiger partial charge in [0.15, 0.2) is 17.2 Å². The number of hydrogen-bond donors (Lipinski definition) is 0. The van der Waals surface area contributed by atoms with Crippen molar-refractivity contribution in [2.24, 2.45) is 0 Å². The number of halogens is 2. The van der Waals surface area contributed by atoms with Crippen LogP contribution in [0.3, 0.4) is 0 Å². The van der Waals surface area contributed by atoms with E-state index in [1.807, 2.05) is 0 Å². The molecule has 0 bridgehead atoms. The standard InChI is InChI=1S/C10H11F2NO4/c1-15-5-4-13-7(10(14)17-3)6(9(11)12)8(5)16-2/h4,9H,1-3H3. The highest BCUT2D eigenvalue weighted by Crippen LogP contribution is 2.38. The molecule has 0 aliphatic heterocycles. The monoisotopic (exact) mass is 247 g/mol. The molecule has 0 N–H and O–H groups in total. The summed E-state index contributed by atoms with van der Waals surface area (Å²) in [7, 11) is 3.56. The minimum atomic E-state index is -2.93. The lowest BCUT2D eigenvalue weighted by atomic mass is 10.1. The number of aromatic nitrogens is 1. The molecule has 0 unspecified atom stereocenters. The first-order valence-electron chi connectivity index (χ1n) is 4.54. The maximum Gasteiger partial charge on any atom is 0.357 e. The maximum atomic E-state index is 12.9. The summed E-state index contributed by atoms with van der Waals surface area (Å²) in [4.78, 5) is 14.9. The van der Waals surface area contributed by atoms with Crippen LogP contribution in [0.5, 0.6) is 11.5 Å². The Bertz CT molecular complexity index is 423. The van der Waals surface area contributed by atoms with Crippen molar-refractivity contribution in [1.82, 2.24) is 4.98 Å². The van der Waals surface area contributed by atoms with Crippen LogP contribution in [0.25, 0.3) is 0 Å². The van der Waals surface area contributed by atoms with Gasteiger partial charge in [-0.05, 0) is 0 Å². The third kappa shape index (κ3) is 2.43. The molecule has 0 amide bonds. The van der Waals surface area contributed by atoms with Gasteiger partial charge in [-0.3, -0.25) is 0 Å². The van der Waals surface area contributed by atoms with Crippen molar-refractivity contribution in [3.63, 3.8) is 0 Å². The molecule has 0 spiro atoms. The third-order valence-corrected chi connectivity index (χ3v) is 2.06. The van der Waals surface area contributed by atoms with Gasteiger partial charge >= 0.3 is 5.97 Å². The summed E-state index contributed by atoms with van der Waals surface area (Å²) >= 11 is 0. The number of hydrogen-bond acceptors (Lipinski definition) is 5. The number of methoxy groups -OCH3 is 3. The van der Waals surface area contributed by atoms with Crippen molar-refractivity contribution < 1.29 is 27.8 Å². The Balaban J connectivity index is 3.47. The van der Waals surface area contributed by atoms with E-state index in [1.54, 1.807) is 0 Å². The highest BCUT2D eigenvalue weighted by atomic mass is 19.3. The lowest BCUT2D eigenvalue weighted by Gasteiger charge is -2.14. The van der Waals surface area contributed by atoms with E-state index in [0.717, 1.165) is 13.3 Å². The normalized spacial score (nSPS) is 10.2. The summed E-state index contributed by atoms with van der Waals surface area (Å²) < 4.78 is 39.8. The highest BCUT2D eigenvalue weighted by Gasteiger charge is 2.28. The Labute approximate surface area is 96.3 Å². The lowest BCUT2D eigenvalue weighted by Crippen LogP contribution is -2.11. The van der Waals surface area contributed by atoms with Crippen LogP contribution < -0.4 is 9.47 Å². The number of alkyl halides is 2. The Morgan fingerprint density at radius 2 is 1.94 bits per heavy atom. The molecule has 5 nitrogen and oxygen atoms in total. The second kappa shape index (κ2) is 5.42. The van der Waals surface area contributed by atoms with Crippen LogP contribution in [0.2, 0.25) is 0 Å². The van der Waals surface area contributed by atoms with Crippen LogP contribution in [0, 0.1) is 0 Å². The number of nitrogens with zero attached hydrogens (tertiary/aromatic N) is 1. The van der Waals surface area contributed by atoms with Gasteiger partial charge in [0.25, 0.3) is 6.43 Å². The number of pyridine rings is 1. The van der Waals surface area contributed by atoms with E-state index in [2.05, 4.69) is 9.72 Å². The number of carbonyl (C=O) groups is 1. The fourth-order valence-electron chi connectivity index (χ4n) is 1.31. The highest BCUT2D eigenvalue weighted by molar-refractivity contribution is 5.90. The third-order valence-electron chi connectivity index (χ3n) is 2.06. The number of rotatable bonds is 4. The molecule has 0 aromatic carbocycles. The van der Waals surface area contributed by atoms with Crippen molar-refractivity contribution in [2.75, 3.05) is 21.3 Å². The first-order valence-corrected chi connectivity index (χ1v) is 4.54. The molecule has 0 fully saturated rings. The summed E-state index contributed by atoms with van der Waals surface area (Å²) in [6.45, 7) is 0. The van der Waals surface area contributed by atoms with Crippen molar-refractivity contribution in [3.05, 3.63) is 17.5 Å². The van der Waals surface area contributed by atoms with E-state index < -0.39 is 23.7 Å². The van der Waals surface area contributed by atoms with Gasteiger partial charge in [-0.15, -0.1) is 0 Å². The molecule has 0 aliphatic carbocycles. The van der Waals surface area contributed by atoms with Crippen LogP contribution in [-0.4, -0.2) is 32.3 Å². The molecule has 0 saturated heterocycles. The van der Waals surface area contributed by atoms with Crippen molar-refractivity contribution in [3.8, 4) is 11.5 Å². The van der Waals surface area contributed by atoms with E-state index in [9.17, 15) is 13.6 Å². The number of carbonyl (C=O) groups excluding carboxylic acids is 1. The predicted molar refractivity (Wildman–Crippen MR) is 53.6 cm³/mol. The van der Waals surface area contributed by atoms with Crippen LogP contribution in [0.4, 0.5) is 8.78 Å². The Morgan fingerprint density at radius 1 is 1.29 bits per heavy atom. The summed E-state index contributed by atoms with van der Waals surface area (Å²) in [6.07, 6.45) is -1.81. The molecule has 1 aromatic rings. The molecule has 94 valence electrons. The van der Waals surface area contributed by atoms with E-state index >= 15 is 0 Å². The van der Waals surface area contributed by atoms with Crippen LogP contribution >= 0.6 is 0 Å². The van der Waals surface area contributed by atoms with Gasteiger partial charge < -0.3 is 14.2 Å². The molecule has 1 rings (SSSR count). The van der Waals surface area contributed by atoms with Gasteiger partial charge in [0.05, 0.1) is 33.1 Å². The van der Waals surface area contributed by atoms with E-state index in [4.69, 9.17) is 9.47 Å². The number of esters is 1. The molecule has 0 aliphatic rings. The minimum absolute atomic E-state index is 0.0236. The average molecular weight is 247 g/mol. The summed E-state index contributed by atoms with van der Waals surface area (Å²) in [5.41, 5.74) is -1.13. The molecule has 7 heteroatoms. The quantitative estimate of drug-likeness (QED) is 0.759. The van der Waals surface area contributed by atoms with Gasteiger partial charge in [0.2, 0.25) is 0 Å². The molecule has 1 heterocycles. The number of ether oxygens (including phenoxy) is 3. The molecular weight excluding hydrogens is 236 g/mol. The van der Waals surface area contributed by atoms with Gasteiger partial charge in [0.1, 0.15) is 0 Å². The first-order chi connectivity index (χ1) is 8.06. The SMILES string of the molecule is COC(=O)c1ncc(OC)c(OC)c1C(F)F. The van der Waals surface area contributed by atoms with Gasteiger partial charge in [0, 0.05) is 0 Å². The van der Waals surface area contributed by atoms with Gasteiger partial charge in [-0.1, -0.05) is 0 Å². The largest absolute Gasteiger partial charge is 0.492 e. The molecule has 17 heavy (non-hydrogen) atoms. The van der Waals surface area contributed by atoms with Crippen LogP contribution in [0.1, 0.15) is 22.5 Å². The van der Waals surface area contributed by atoms with Crippen LogP contribution in [-0.2, 0) is 4.74 Å². The van der Waals surface area contributed by atoms with E-state index in [0.29, 0.717) is 0 Å². The second-order valence-corrected chi connectivity index (χ2v) is 2.91. The molecule has 1 aromatic heterocycles. The summed E-state index contributed by atoms with van der Waals surface area (Å²) in [6, 6.07) is 0.